The van der Waals surface area contributed by atoms with Crippen LogP contribution in [0, 0.1) is 19.7 Å². The van der Waals surface area contributed by atoms with Crippen LogP contribution in [0.1, 0.15) is 35.7 Å². The molecule has 0 saturated heterocycles. The van der Waals surface area contributed by atoms with Crippen molar-refractivity contribution in [3.05, 3.63) is 53.0 Å². The van der Waals surface area contributed by atoms with Crippen molar-refractivity contribution < 1.29 is 8.81 Å². The van der Waals surface area contributed by atoms with Gasteiger partial charge in [-0.15, -0.1) is 24.0 Å². The molecule has 1 aromatic heterocycles. The average molecular weight is 458 g/mol. The standard InChI is InChI=1S/C18H23FN4O.HI/c1-12-13(2)24-16(23-12)10-21-17(20-3)22-11-18(7-8-18)14-5-4-6-15(19)9-14;/h4-6,9H,7-8,10-11H2,1-3H3,(H2,20,21,22);1H. The van der Waals surface area contributed by atoms with Gasteiger partial charge in [0.2, 0.25) is 5.89 Å². The average Bonchev–Trinajstić information content (AvgIpc) is 3.29. The van der Waals surface area contributed by atoms with Crippen LogP contribution in [0.3, 0.4) is 0 Å². The number of halogens is 2. The minimum Gasteiger partial charge on any atom is -0.444 e. The van der Waals surface area contributed by atoms with Gasteiger partial charge >= 0.3 is 0 Å². The summed E-state index contributed by atoms with van der Waals surface area (Å²) < 4.78 is 19.0. The molecule has 2 aromatic rings. The van der Waals surface area contributed by atoms with Gasteiger partial charge in [0.15, 0.2) is 5.96 Å². The summed E-state index contributed by atoms with van der Waals surface area (Å²) in [7, 11) is 1.73. The maximum atomic E-state index is 13.5. The van der Waals surface area contributed by atoms with Crippen molar-refractivity contribution in [2.24, 2.45) is 4.99 Å². The highest BCUT2D eigenvalue weighted by molar-refractivity contribution is 14.0. The molecule has 0 radical (unpaired) electrons. The minimum atomic E-state index is -0.184. The molecule has 136 valence electrons. The molecule has 1 saturated carbocycles. The molecule has 3 rings (SSSR count). The number of aliphatic imine (C=N–C) groups is 1. The molecule has 0 spiro atoms. The van der Waals surface area contributed by atoms with Gasteiger partial charge in [-0.3, -0.25) is 4.99 Å². The van der Waals surface area contributed by atoms with Crippen LogP contribution in [0.25, 0.3) is 0 Å². The van der Waals surface area contributed by atoms with Gasteiger partial charge in [0.1, 0.15) is 11.6 Å². The number of aryl methyl sites for hydroxylation is 2. The predicted molar refractivity (Wildman–Crippen MR) is 107 cm³/mol. The van der Waals surface area contributed by atoms with Gasteiger partial charge in [-0.25, -0.2) is 9.37 Å². The van der Waals surface area contributed by atoms with Crippen molar-refractivity contribution in [2.45, 2.75) is 38.6 Å². The van der Waals surface area contributed by atoms with Gasteiger partial charge in [-0.1, -0.05) is 12.1 Å². The van der Waals surface area contributed by atoms with Crippen LogP contribution < -0.4 is 10.6 Å². The van der Waals surface area contributed by atoms with Crippen LogP contribution in [-0.4, -0.2) is 24.5 Å². The molecule has 1 heterocycles. The number of nitrogens with one attached hydrogen (secondary N) is 2. The van der Waals surface area contributed by atoms with Crippen molar-refractivity contribution in [1.29, 1.82) is 0 Å². The molecule has 1 fully saturated rings. The zero-order valence-electron chi connectivity index (χ0n) is 14.7. The third-order valence-corrected chi connectivity index (χ3v) is 4.59. The Morgan fingerprint density at radius 3 is 2.64 bits per heavy atom. The molecule has 0 atom stereocenters. The lowest BCUT2D eigenvalue weighted by molar-refractivity contribution is 0.463. The molecular formula is C18H24FIN4O. The third-order valence-electron chi connectivity index (χ3n) is 4.59. The molecule has 0 bridgehead atoms. The number of benzene rings is 1. The van der Waals surface area contributed by atoms with Crippen LogP contribution >= 0.6 is 24.0 Å². The second kappa shape index (κ2) is 8.16. The fourth-order valence-electron chi connectivity index (χ4n) is 2.78. The van der Waals surface area contributed by atoms with Crippen LogP contribution in [0.4, 0.5) is 4.39 Å². The summed E-state index contributed by atoms with van der Waals surface area (Å²) in [6.07, 6.45) is 2.11. The van der Waals surface area contributed by atoms with E-state index in [4.69, 9.17) is 4.42 Å². The highest BCUT2D eigenvalue weighted by Crippen LogP contribution is 2.47. The summed E-state index contributed by atoms with van der Waals surface area (Å²) in [6, 6.07) is 6.87. The number of nitrogens with zero attached hydrogens (tertiary/aromatic N) is 2. The zero-order chi connectivity index (χ0) is 17.2. The molecule has 1 aliphatic carbocycles. The van der Waals surface area contributed by atoms with Crippen molar-refractivity contribution >= 4 is 29.9 Å². The van der Waals surface area contributed by atoms with E-state index < -0.39 is 0 Å². The van der Waals surface area contributed by atoms with Crippen LogP contribution in [0.15, 0.2) is 33.7 Å². The Bertz CT molecular complexity index is 736. The van der Waals surface area contributed by atoms with Gasteiger partial charge in [0.05, 0.1) is 12.2 Å². The van der Waals surface area contributed by atoms with E-state index in [0.29, 0.717) is 18.4 Å². The molecule has 0 unspecified atom stereocenters. The maximum Gasteiger partial charge on any atom is 0.214 e. The van der Waals surface area contributed by atoms with Crippen molar-refractivity contribution in [2.75, 3.05) is 13.6 Å². The fraction of sp³-hybridized carbons (Fsp3) is 0.444. The first-order valence-electron chi connectivity index (χ1n) is 8.16. The summed E-state index contributed by atoms with van der Waals surface area (Å²) in [5.74, 6) is 1.97. The van der Waals surface area contributed by atoms with E-state index in [-0.39, 0.29) is 35.2 Å². The van der Waals surface area contributed by atoms with Gasteiger partial charge in [-0.2, -0.15) is 0 Å². The smallest absolute Gasteiger partial charge is 0.214 e. The highest BCUT2D eigenvalue weighted by atomic mass is 127. The number of oxazole rings is 1. The van der Waals surface area contributed by atoms with E-state index in [1.807, 2.05) is 19.9 Å². The first kappa shape index (κ1) is 19.7. The zero-order valence-corrected chi connectivity index (χ0v) is 17.1. The van der Waals surface area contributed by atoms with E-state index in [1.54, 1.807) is 19.2 Å². The van der Waals surface area contributed by atoms with Crippen LogP contribution in [0.5, 0.6) is 0 Å². The second-order valence-electron chi connectivity index (χ2n) is 6.32. The Balaban J connectivity index is 0.00000225. The minimum absolute atomic E-state index is 0. The lowest BCUT2D eigenvalue weighted by Crippen LogP contribution is -2.41. The number of hydrogen-bond acceptors (Lipinski definition) is 3. The Labute approximate surface area is 164 Å². The van der Waals surface area contributed by atoms with Crippen molar-refractivity contribution in [1.82, 2.24) is 15.6 Å². The van der Waals surface area contributed by atoms with E-state index in [2.05, 4.69) is 20.6 Å². The van der Waals surface area contributed by atoms with Crippen molar-refractivity contribution in [3.8, 4) is 0 Å². The quantitative estimate of drug-likeness (QED) is 0.410. The van der Waals surface area contributed by atoms with Gasteiger partial charge in [-0.05, 0) is 44.4 Å². The van der Waals surface area contributed by atoms with E-state index >= 15 is 0 Å². The molecule has 5 nitrogen and oxygen atoms in total. The van der Waals surface area contributed by atoms with E-state index in [0.717, 1.165) is 36.4 Å². The molecule has 2 N–H and O–H groups in total. The summed E-state index contributed by atoms with van der Waals surface area (Å²) in [5.41, 5.74) is 1.96. The van der Waals surface area contributed by atoms with Crippen LogP contribution in [0.2, 0.25) is 0 Å². The topological polar surface area (TPSA) is 62.5 Å². The second-order valence-corrected chi connectivity index (χ2v) is 6.32. The Kier molecular flexibility index (Phi) is 6.42. The molecule has 0 amide bonds. The number of rotatable bonds is 5. The molecule has 0 aliphatic heterocycles. The predicted octanol–water partition coefficient (Wildman–Crippen LogP) is 3.45. The van der Waals surface area contributed by atoms with Crippen LogP contribution in [-0.2, 0) is 12.0 Å². The summed E-state index contributed by atoms with van der Waals surface area (Å²) in [4.78, 5) is 8.57. The first-order valence-corrected chi connectivity index (χ1v) is 8.16. The Hall–Kier alpha value is -1.64. The lowest BCUT2D eigenvalue weighted by Gasteiger charge is -2.18. The number of aromatic nitrogens is 1. The molecule has 1 aromatic carbocycles. The number of guanidine groups is 1. The molecular weight excluding hydrogens is 434 g/mol. The monoisotopic (exact) mass is 458 g/mol. The summed E-state index contributed by atoms with van der Waals surface area (Å²) >= 11 is 0. The summed E-state index contributed by atoms with van der Waals surface area (Å²) in [5, 5.41) is 6.53. The van der Waals surface area contributed by atoms with Gasteiger partial charge in [0, 0.05) is 19.0 Å². The first-order chi connectivity index (χ1) is 11.5. The highest BCUT2D eigenvalue weighted by Gasteiger charge is 2.44. The molecule has 1 aliphatic rings. The summed E-state index contributed by atoms with van der Waals surface area (Å²) in [6.45, 7) is 5.01. The van der Waals surface area contributed by atoms with E-state index in [1.165, 1.54) is 6.07 Å². The fourth-order valence-corrected chi connectivity index (χ4v) is 2.78. The normalized spacial score (nSPS) is 15.4. The largest absolute Gasteiger partial charge is 0.444 e. The van der Waals surface area contributed by atoms with E-state index in [9.17, 15) is 4.39 Å². The lowest BCUT2D eigenvalue weighted by atomic mass is 9.96. The Morgan fingerprint density at radius 2 is 2.08 bits per heavy atom. The third kappa shape index (κ3) is 4.71. The molecule has 7 heteroatoms. The van der Waals surface area contributed by atoms with Gasteiger partial charge < -0.3 is 15.1 Å². The van der Waals surface area contributed by atoms with Crippen molar-refractivity contribution in [3.63, 3.8) is 0 Å². The SMILES string of the molecule is CN=C(NCc1nc(C)c(C)o1)NCC1(c2cccc(F)c2)CC1.I. The Morgan fingerprint density at radius 1 is 1.32 bits per heavy atom. The number of hydrogen-bond donors (Lipinski definition) is 2. The molecule has 25 heavy (non-hydrogen) atoms. The maximum absolute atomic E-state index is 13.5. The van der Waals surface area contributed by atoms with Gasteiger partial charge in [0.25, 0.3) is 0 Å².